The monoisotopic (exact) mass is 465 g/mol. The number of aryl methyl sites for hydroxylation is 1. The van der Waals surface area contributed by atoms with Crippen molar-refractivity contribution in [1.82, 2.24) is 0 Å². The number of nitrogens with one attached hydrogen (secondary N) is 1. The Bertz CT molecular complexity index is 998. The van der Waals surface area contributed by atoms with Gasteiger partial charge in [0.05, 0.1) is 17.7 Å². The first-order valence-electron chi connectivity index (χ1n) is 12.4. The topological polar surface area (TPSA) is 78.8 Å². The average molecular weight is 466 g/mol. The second-order valence-electron chi connectivity index (χ2n) is 10.1. The van der Waals surface area contributed by atoms with Crippen molar-refractivity contribution < 1.29 is 19.7 Å². The van der Waals surface area contributed by atoms with E-state index < -0.39 is 17.1 Å². The van der Waals surface area contributed by atoms with E-state index in [1.54, 1.807) is 0 Å². The predicted molar refractivity (Wildman–Crippen MR) is 137 cm³/mol. The van der Waals surface area contributed by atoms with Crippen LogP contribution in [0.15, 0.2) is 65.9 Å². The highest BCUT2D eigenvalue weighted by atomic mass is 16.6. The van der Waals surface area contributed by atoms with Crippen molar-refractivity contribution in [3.8, 4) is 0 Å². The van der Waals surface area contributed by atoms with Crippen LogP contribution in [-0.2, 0) is 16.0 Å². The maximum Gasteiger partial charge on any atom is 0.338 e. The maximum absolute atomic E-state index is 13.4. The van der Waals surface area contributed by atoms with Crippen LogP contribution in [0.2, 0.25) is 0 Å². The fourth-order valence-electron chi connectivity index (χ4n) is 4.90. The number of aliphatic hydroxyl groups is 2. The van der Waals surface area contributed by atoms with Crippen LogP contribution in [-0.4, -0.2) is 33.9 Å². The number of carbonyl (C=O) groups is 1. The van der Waals surface area contributed by atoms with Crippen LogP contribution in [0.5, 0.6) is 0 Å². The summed E-state index contributed by atoms with van der Waals surface area (Å²) in [5.74, 6) is -0.523. The standard InChI is InChI=1S/C29H39NO4/c1-5-16-29(17-15-21-11-8-7-9-12-21)19-25(32)26(27(33)34-29)24(6-2)22-13-10-14-23(18-22)30-28(3,4)20-31/h7-14,18,24,30-32H,5-6,15-17,19-20H2,1-4H3/t24-,29-/m1/s1. The van der Waals surface area contributed by atoms with Crippen molar-refractivity contribution >= 4 is 11.7 Å². The van der Waals surface area contributed by atoms with Crippen molar-refractivity contribution in [1.29, 1.82) is 0 Å². The van der Waals surface area contributed by atoms with Crippen molar-refractivity contribution in [3.05, 3.63) is 77.1 Å². The molecule has 3 N–H and O–H groups in total. The molecule has 0 aromatic heterocycles. The van der Waals surface area contributed by atoms with E-state index in [0.29, 0.717) is 24.8 Å². The molecule has 0 radical (unpaired) electrons. The van der Waals surface area contributed by atoms with E-state index >= 15 is 0 Å². The smallest absolute Gasteiger partial charge is 0.338 e. The minimum absolute atomic E-state index is 0.00477. The molecule has 0 unspecified atom stereocenters. The molecule has 0 spiro atoms. The molecule has 1 heterocycles. The molecule has 2 atom stereocenters. The van der Waals surface area contributed by atoms with Gasteiger partial charge in [-0.3, -0.25) is 0 Å². The molecular formula is C29H39NO4. The lowest BCUT2D eigenvalue weighted by molar-refractivity contribution is -0.161. The molecule has 0 amide bonds. The Morgan fingerprint density at radius 1 is 1.09 bits per heavy atom. The zero-order chi connectivity index (χ0) is 24.8. The van der Waals surface area contributed by atoms with Gasteiger partial charge in [-0.25, -0.2) is 4.79 Å². The third-order valence-corrected chi connectivity index (χ3v) is 6.67. The van der Waals surface area contributed by atoms with Crippen LogP contribution in [0.3, 0.4) is 0 Å². The van der Waals surface area contributed by atoms with Crippen LogP contribution < -0.4 is 5.32 Å². The molecule has 3 rings (SSSR count). The number of ether oxygens (including phenoxy) is 1. The fourth-order valence-corrected chi connectivity index (χ4v) is 4.90. The number of rotatable bonds is 11. The van der Waals surface area contributed by atoms with Gasteiger partial charge in [0, 0.05) is 18.0 Å². The van der Waals surface area contributed by atoms with E-state index in [0.717, 1.165) is 30.5 Å². The first-order valence-corrected chi connectivity index (χ1v) is 12.4. The molecule has 5 heteroatoms. The summed E-state index contributed by atoms with van der Waals surface area (Å²) in [5.41, 5.74) is 2.22. The molecular weight excluding hydrogens is 426 g/mol. The Labute approximate surface area is 203 Å². The molecule has 184 valence electrons. The van der Waals surface area contributed by atoms with Gasteiger partial charge in [-0.05, 0) is 62.8 Å². The Balaban J connectivity index is 1.87. The van der Waals surface area contributed by atoms with Gasteiger partial charge in [-0.2, -0.15) is 0 Å². The van der Waals surface area contributed by atoms with Gasteiger partial charge in [0.1, 0.15) is 11.4 Å². The van der Waals surface area contributed by atoms with Gasteiger partial charge in [-0.1, -0.05) is 62.7 Å². The van der Waals surface area contributed by atoms with Crippen LogP contribution in [0.4, 0.5) is 5.69 Å². The van der Waals surface area contributed by atoms with Gasteiger partial charge >= 0.3 is 5.97 Å². The highest BCUT2D eigenvalue weighted by molar-refractivity contribution is 5.92. The SMILES string of the molecule is CCC[C@@]1(CCc2ccccc2)CC(O)=C([C@H](CC)c2cccc(NC(C)(C)CO)c2)C(=O)O1. The summed E-state index contributed by atoms with van der Waals surface area (Å²) >= 11 is 0. The van der Waals surface area contributed by atoms with Crippen molar-refractivity contribution in [3.63, 3.8) is 0 Å². The van der Waals surface area contributed by atoms with E-state index in [-0.39, 0.29) is 18.3 Å². The minimum Gasteiger partial charge on any atom is -0.512 e. The second-order valence-corrected chi connectivity index (χ2v) is 10.1. The summed E-state index contributed by atoms with van der Waals surface area (Å²) in [5, 5.41) is 24.1. The van der Waals surface area contributed by atoms with Crippen LogP contribution >= 0.6 is 0 Å². The van der Waals surface area contributed by atoms with Gasteiger partial charge < -0.3 is 20.3 Å². The van der Waals surface area contributed by atoms with Crippen molar-refractivity contribution in [2.75, 3.05) is 11.9 Å². The summed E-state index contributed by atoms with van der Waals surface area (Å²) in [6, 6.07) is 18.0. The van der Waals surface area contributed by atoms with Gasteiger partial charge in [0.25, 0.3) is 0 Å². The summed E-state index contributed by atoms with van der Waals surface area (Å²) in [6.45, 7) is 7.93. The fraction of sp³-hybridized carbons (Fsp3) is 0.483. The lowest BCUT2D eigenvalue weighted by Crippen LogP contribution is -2.41. The Morgan fingerprint density at radius 3 is 2.44 bits per heavy atom. The van der Waals surface area contributed by atoms with Gasteiger partial charge in [0.15, 0.2) is 0 Å². The third-order valence-electron chi connectivity index (χ3n) is 6.67. The summed E-state index contributed by atoms with van der Waals surface area (Å²) < 4.78 is 6.15. The largest absolute Gasteiger partial charge is 0.512 e. The summed E-state index contributed by atoms with van der Waals surface area (Å²) in [6.07, 6.45) is 4.07. The molecule has 5 nitrogen and oxygen atoms in total. The zero-order valence-electron chi connectivity index (χ0n) is 20.9. The van der Waals surface area contributed by atoms with Crippen LogP contribution in [0.1, 0.15) is 76.8 Å². The van der Waals surface area contributed by atoms with Gasteiger partial charge in [0.2, 0.25) is 0 Å². The normalized spacial score (nSPS) is 19.6. The number of aliphatic hydroxyl groups excluding tert-OH is 2. The first-order chi connectivity index (χ1) is 16.2. The summed E-state index contributed by atoms with van der Waals surface area (Å²) in [4.78, 5) is 13.4. The molecule has 0 bridgehead atoms. The molecule has 1 aliphatic rings. The van der Waals surface area contributed by atoms with E-state index in [1.807, 2.05) is 63.2 Å². The number of hydrogen-bond donors (Lipinski definition) is 3. The number of esters is 1. The van der Waals surface area contributed by atoms with E-state index in [9.17, 15) is 15.0 Å². The van der Waals surface area contributed by atoms with Crippen molar-refractivity contribution in [2.24, 2.45) is 0 Å². The number of benzene rings is 2. The van der Waals surface area contributed by atoms with Crippen molar-refractivity contribution in [2.45, 2.75) is 83.3 Å². The summed E-state index contributed by atoms with van der Waals surface area (Å²) in [7, 11) is 0. The number of cyclic esters (lactones) is 1. The van der Waals surface area contributed by atoms with Gasteiger partial charge in [-0.15, -0.1) is 0 Å². The Morgan fingerprint density at radius 2 is 1.82 bits per heavy atom. The highest BCUT2D eigenvalue weighted by Gasteiger charge is 2.43. The van der Waals surface area contributed by atoms with E-state index in [1.165, 1.54) is 5.56 Å². The maximum atomic E-state index is 13.4. The second kappa shape index (κ2) is 11.1. The van der Waals surface area contributed by atoms with E-state index in [2.05, 4.69) is 24.4 Å². The molecule has 2 aromatic rings. The lowest BCUT2D eigenvalue weighted by atomic mass is 9.80. The van der Waals surface area contributed by atoms with Crippen LogP contribution in [0, 0.1) is 0 Å². The molecule has 34 heavy (non-hydrogen) atoms. The Kier molecular flexibility index (Phi) is 8.42. The minimum atomic E-state index is -0.678. The number of anilines is 1. The first kappa shape index (κ1) is 25.8. The molecule has 0 fully saturated rings. The molecule has 0 aliphatic carbocycles. The average Bonchev–Trinajstić information content (AvgIpc) is 2.81. The number of hydrogen-bond acceptors (Lipinski definition) is 5. The highest BCUT2D eigenvalue weighted by Crippen LogP contribution is 2.42. The molecule has 1 aliphatic heterocycles. The quantitative estimate of drug-likeness (QED) is 0.340. The number of carbonyl (C=O) groups excluding carboxylic acids is 1. The molecule has 0 saturated heterocycles. The van der Waals surface area contributed by atoms with Crippen LogP contribution in [0.25, 0.3) is 0 Å². The predicted octanol–water partition coefficient (Wildman–Crippen LogP) is 6.29. The Hall–Kier alpha value is -2.79. The molecule has 2 aromatic carbocycles. The molecule has 0 saturated carbocycles. The van der Waals surface area contributed by atoms with E-state index in [4.69, 9.17) is 4.74 Å². The zero-order valence-corrected chi connectivity index (χ0v) is 20.9. The lowest BCUT2D eigenvalue weighted by Gasteiger charge is -2.39. The third kappa shape index (κ3) is 6.20.